The number of methoxy groups -OCH3 is 2. The highest BCUT2D eigenvalue weighted by molar-refractivity contribution is 6.01. The van der Waals surface area contributed by atoms with Gasteiger partial charge in [-0.2, -0.15) is 0 Å². The molecule has 7 rings (SSSR count). The molecular weight excluding hydrogens is 945 g/mol. The summed E-state index contributed by atoms with van der Waals surface area (Å²) >= 11 is 0. The third kappa shape index (κ3) is 16.6. The minimum atomic E-state index is -1.06. The first kappa shape index (κ1) is 54.5. The van der Waals surface area contributed by atoms with Crippen LogP contribution < -0.4 is 35.5 Å². The van der Waals surface area contributed by atoms with Gasteiger partial charge in [0.15, 0.2) is 11.5 Å². The summed E-state index contributed by atoms with van der Waals surface area (Å²) in [6.45, 7) is 4.87. The molecule has 6 amide bonds. The van der Waals surface area contributed by atoms with Crippen LogP contribution in [-0.2, 0) is 40.2 Å². The molecule has 17 nitrogen and oxygen atoms in total. The van der Waals surface area contributed by atoms with E-state index >= 15 is 0 Å². The number of hydrogen-bond acceptors (Lipinski definition) is 9. The Labute approximate surface area is 430 Å². The van der Waals surface area contributed by atoms with Crippen LogP contribution in [-0.4, -0.2) is 96.3 Å². The van der Waals surface area contributed by atoms with Crippen molar-refractivity contribution in [2.24, 2.45) is 0 Å². The van der Waals surface area contributed by atoms with Crippen molar-refractivity contribution in [2.75, 3.05) is 55.7 Å². The lowest BCUT2D eigenvalue weighted by Gasteiger charge is -2.23. The molecule has 0 heterocycles. The SMILES string of the molecule is COc1cc(CC(=O)N(C)CCOc2ccc(C(=O)O)cc2OC)ccc1NC(=O)Nc1ccccc1C.Cc1ccccc1NC(=O)Nc1ccc(CC(=O)N(Cc2ccc(CCC(=O)O)cc2)C2CC2)cc1. The van der Waals surface area contributed by atoms with Gasteiger partial charge in [-0.05, 0) is 121 Å². The van der Waals surface area contributed by atoms with Crippen LogP contribution in [0.3, 0.4) is 0 Å². The molecule has 0 spiro atoms. The molecule has 386 valence electrons. The zero-order valence-corrected chi connectivity index (χ0v) is 42.1. The molecule has 0 atom stereocenters. The van der Waals surface area contributed by atoms with Crippen molar-refractivity contribution in [3.8, 4) is 17.2 Å². The van der Waals surface area contributed by atoms with Crippen molar-refractivity contribution in [2.45, 2.75) is 65.0 Å². The number of ether oxygens (including phenoxy) is 3. The second kappa shape index (κ2) is 26.5. The molecule has 0 saturated heterocycles. The number of amides is 6. The van der Waals surface area contributed by atoms with Crippen LogP contribution in [0.2, 0.25) is 0 Å². The molecule has 1 fully saturated rings. The van der Waals surface area contributed by atoms with E-state index in [4.69, 9.17) is 24.4 Å². The normalized spacial score (nSPS) is 11.4. The smallest absolute Gasteiger partial charge is 0.335 e. The molecule has 6 aromatic carbocycles. The molecule has 0 aliphatic heterocycles. The van der Waals surface area contributed by atoms with Gasteiger partial charge >= 0.3 is 24.0 Å². The van der Waals surface area contributed by atoms with Crippen LogP contribution in [0.1, 0.15) is 63.0 Å². The van der Waals surface area contributed by atoms with Crippen LogP contribution in [0.15, 0.2) is 133 Å². The number of likely N-dealkylation sites (N-methyl/N-ethyl adjacent to an activating group) is 1. The number of aromatic carboxylic acids is 1. The van der Waals surface area contributed by atoms with Crippen LogP contribution in [0.5, 0.6) is 17.2 Å². The largest absolute Gasteiger partial charge is 0.495 e. The van der Waals surface area contributed by atoms with E-state index in [0.29, 0.717) is 60.2 Å². The number of carbonyl (C=O) groups excluding carboxylic acids is 4. The first-order chi connectivity index (χ1) is 35.6. The number of carbonyl (C=O) groups is 6. The van der Waals surface area contributed by atoms with E-state index in [0.717, 1.165) is 51.9 Å². The fourth-order valence-corrected chi connectivity index (χ4v) is 7.63. The van der Waals surface area contributed by atoms with Crippen LogP contribution in [0.4, 0.5) is 32.3 Å². The quantitative estimate of drug-likeness (QED) is 0.0398. The summed E-state index contributed by atoms with van der Waals surface area (Å²) in [6, 6.07) is 39.2. The summed E-state index contributed by atoms with van der Waals surface area (Å²) in [5.41, 5.74) is 8.21. The fraction of sp³-hybridized carbons (Fsp3) is 0.263. The second-order valence-electron chi connectivity index (χ2n) is 17.7. The van der Waals surface area contributed by atoms with Crippen molar-refractivity contribution in [1.29, 1.82) is 0 Å². The average Bonchev–Trinajstić information content (AvgIpc) is 4.23. The third-order valence-electron chi connectivity index (χ3n) is 12.1. The predicted molar refractivity (Wildman–Crippen MR) is 284 cm³/mol. The molecule has 6 N–H and O–H groups in total. The highest BCUT2D eigenvalue weighted by Gasteiger charge is 2.32. The van der Waals surface area contributed by atoms with E-state index in [1.165, 1.54) is 37.3 Å². The van der Waals surface area contributed by atoms with Gasteiger partial charge < -0.3 is 55.5 Å². The number of carboxylic acids is 2. The summed E-state index contributed by atoms with van der Waals surface area (Å²) in [4.78, 5) is 76.0. The van der Waals surface area contributed by atoms with Crippen molar-refractivity contribution in [3.63, 3.8) is 0 Å². The Morgan fingerprint density at radius 3 is 1.72 bits per heavy atom. The van der Waals surface area contributed by atoms with Crippen LogP contribution in [0.25, 0.3) is 0 Å². The van der Waals surface area contributed by atoms with Crippen LogP contribution >= 0.6 is 0 Å². The Kier molecular flexibility index (Phi) is 19.5. The van der Waals surface area contributed by atoms with Gasteiger partial charge in [0.2, 0.25) is 11.8 Å². The fourth-order valence-electron chi connectivity index (χ4n) is 7.63. The Morgan fingerprint density at radius 1 is 0.581 bits per heavy atom. The van der Waals surface area contributed by atoms with Crippen molar-refractivity contribution in [3.05, 3.63) is 172 Å². The number of hydrogen-bond donors (Lipinski definition) is 6. The predicted octanol–water partition coefficient (Wildman–Crippen LogP) is 9.82. The van der Waals surface area contributed by atoms with Gasteiger partial charge in [-0.25, -0.2) is 14.4 Å². The summed E-state index contributed by atoms with van der Waals surface area (Å²) in [6.07, 6.45) is 3.06. The van der Waals surface area contributed by atoms with E-state index in [2.05, 4.69) is 21.3 Å². The van der Waals surface area contributed by atoms with Crippen LogP contribution in [0, 0.1) is 13.8 Å². The molecule has 0 radical (unpaired) electrons. The van der Waals surface area contributed by atoms with Gasteiger partial charge in [0.1, 0.15) is 12.4 Å². The third-order valence-corrected chi connectivity index (χ3v) is 12.1. The number of benzene rings is 6. The van der Waals surface area contributed by atoms with Crippen molar-refractivity contribution in [1.82, 2.24) is 9.80 Å². The number of nitrogens with one attached hydrogen (secondary N) is 4. The number of urea groups is 2. The molecule has 74 heavy (non-hydrogen) atoms. The highest BCUT2D eigenvalue weighted by atomic mass is 16.5. The minimum Gasteiger partial charge on any atom is -0.495 e. The number of carboxylic acid groups (broad SMARTS) is 2. The van der Waals surface area contributed by atoms with Gasteiger partial charge in [-0.1, -0.05) is 78.9 Å². The minimum absolute atomic E-state index is 0.0745. The second-order valence-corrected chi connectivity index (χ2v) is 17.7. The van der Waals surface area contributed by atoms with Gasteiger partial charge in [0.25, 0.3) is 0 Å². The summed E-state index contributed by atoms with van der Waals surface area (Å²) in [5, 5.41) is 29.2. The molecule has 1 saturated carbocycles. The summed E-state index contributed by atoms with van der Waals surface area (Å²) < 4.78 is 16.3. The average molecular weight is 1010 g/mol. The number of aryl methyl sites for hydroxylation is 3. The number of nitrogens with zero attached hydrogens (tertiary/aromatic N) is 2. The van der Waals surface area contributed by atoms with Gasteiger partial charge in [-0.3, -0.25) is 14.4 Å². The zero-order chi connectivity index (χ0) is 53.1. The highest BCUT2D eigenvalue weighted by Crippen LogP contribution is 2.31. The monoisotopic (exact) mass is 1010 g/mol. The molecule has 0 aromatic heterocycles. The Morgan fingerprint density at radius 2 is 1.14 bits per heavy atom. The first-order valence-corrected chi connectivity index (χ1v) is 24.0. The standard InChI is InChI=1S/C29H31N3O4.C28H31N3O7/c1-20-4-2-3-5-26(20)31-29(36)30-24-13-10-22(11-14-24)18-27(33)32(25-15-16-25)19-23-8-6-21(7-9-23)12-17-28(34)35;1-18-7-5-6-8-21(18)29-28(35)30-22-11-9-19(15-24(22)36-3)16-26(32)31(2)13-14-38-23-12-10-20(27(33)34)17-25(23)37-4/h2-11,13-14,25H,12,15-19H2,1H3,(H,34,35)(H2,30,31,36);5-12,15,17H,13-14,16H2,1-4H3,(H,33,34)(H2,29,30,35). The maximum atomic E-state index is 13.1. The lowest BCUT2D eigenvalue weighted by atomic mass is 10.1. The lowest BCUT2D eigenvalue weighted by Crippen LogP contribution is -2.33. The number of rotatable bonds is 21. The Hall–Kier alpha value is -8.86. The van der Waals surface area contributed by atoms with E-state index in [-0.39, 0.29) is 48.9 Å². The van der Waals surface area contributed by atoms with E-state index in [1.54, 1.807) is 37.4 Å². The van der Waals surface area contributed by atoms with E-state index < -0.39 is 18.0 Å². The first-order valence-electron chi connectivity index (χ1n) is 24.0. The van der Waals surface area contributed by atoms with Gasteiger partial charge in [-0.15, -0.1) is 0 Å². The van der Waals surface area contributed by atoms with Gasteiger partial charge in [0.05, 0.1) is 44.9 Å². The van der Waals surface area contributed by atoms with Crippen molar-refractivity contribution >= 4 is 58.6 Å². The van der Waals surface area contributed by atoms with E-state index in [9.17, 15) is 28.8 Å². The Bertz CT molecular complexity index is 2920. The molecule has 1 aliphatic rings. The number of para-hydroxylation sites is 2. The maximum absolute atomic E-state index is 13.1. The maximum Gasteiger partial charge on any atom is 0.335 e. The molecule has 0 bridgehead atoms. The molecule has 6 aromatic rings. The molecule has 17 heteroatoms. The van der Waals surface area contributed by atoms with Crippen molar-refractivity contribution < 1.29 is 53.2 Å². The molecular formula is C57H62N6O11. The lowest BCUT2D eigenvalue weighted by molar-refractivity contribution is -0.137. The summed E-state index contributed by atoms with van der Waals surface area (Å²) in [7, 11) is 4.58. The summed E-state index contributed by atoms with van der Waals surface area (Å²) in [5.74, 6) is -0.819. The molecule has 0 unspecified atom stereocenters. The Balaban J connectivity index is 0.000000241. The zero-order valence-electron chi connectivity index (χ0n) is 42.1. The topological polar surface area (TPSA) is 225 Å². The number of anilines is 4. The van der Waals surface area contributed by atoms with Gasteiger partial charge in [0, 0.05) is 43.1 Å². The molecule has 1 aliphatic carbocycles. The number of aliphatic carboxylic acids is 1. The van der Waals surface area contributed by atoms with E-state index in [1.807, 2.05) is 104 Å².